The van der Waals surface area contributed by atoms with E-state index in [1.165, 1.54) is 24.3 Å². The molecule has 0 spiro atoms. The Balaban J connectivity index is 1.54. The maximum absolute atomic E-state index is 12.5. The van der Waals surface area contributed by atoms with Gasteiger partial charge in [0, 0.05) is 11.2 Å². The Morgan fingerprint density at radius 1 is 1.10 bits per heavy atom. The van der Waals surface area contributed by atoms with Gasteiger partial charge in [-0.3, -0.25) is 14.5 Å². The van der Waals surface area contributed by atoms with Crippen LogP contribution in [0, 0.1) is 6.92 Å². The number of benzene rings is 2. The van der Waals surface area contributed by atoms with Gasteiger partial charge in [-0.1, -0.05) is 23.7 Å². The summed E-state index contributed by atoms with van der Waals surface area (Å²) in [6.07, 6.45) is 1.65. The highest BCUT2D eigenvalue weighted by Crippen LogP contribution is 2.23. The number of ether oxygens (including phenoxy) is 1. The SMILES string of the molecule is Cc1ccc(NS(=O)(=O)c2ccc(OCC(=O)NCc3ccccn3)cc2)cc1Cl. The number of halogens is 1. The lowest BCUT2D eigenvalue weighted by molar-refractivity contribution is -0.123. The van der Waals surface area contributed by atoms with Crippen molar-refractivity contribution in [2.75, 3.05) is 11.3 Å². The zero-order valence-electron chi connectivity index (χ0n) is 16.1. The molecule has 2 N–H and O–H groups in total. The van der Waals surface area contributed by atoms with Crippen LogP contribution >= 0.6 is 11.6 Å². The van der Waals surface area contributed by atoms with Crippen LogP contribution in [0.15, 0.2) is 71.8 Å². The van der Waals surface area contributed by atoms with Crippen LogP contribution in [-0.4, -0.2) is 25.9 Å². The molecule has 9 heteroatoms. The topological polar surface area (TPSA) is 97.4 Å². The Morgan fingerprint density at radius 3 is 2.53 bits per heavy atom. The third-order valence-electron chi connectivity index (χ3n) is 4.12. The van der Waals surface area contributed by atoms with Crippen molar-refractivity contribution in [3.05, 3.63) is 83.1 Å². The number of hydrogen-bond acceptors (Lipinski definition) is 5. The molecule has 0 aliphatic carbocycles. The lowest BCUT2D eigenvalue weighted by Gasteiger charge is -2.11. The molecule has 2 aromatic carbocycles. The smallest absolute Gasteiger partial charge is 0.261 e. The summed E-state index contributed by atoms with van der Waals surface area (Å²) < 4.78 is 32.9. The number of carbonyl (C=O) groups is 1. The van der Waals surface area contributed by atoms with E-state index in [4.69, 9.17) is 16.3 Å². The van der Waals surface area contributed by atoms with Crippen LogP contribution in [-0.2, 0) is 21.4 Å². The fourth-order valence-corrected chi connectivity index (χ4v) is 3.71. The Bertz CT molecular complexity index is 1120. The highest BCUT2D eigenvalue weighted by molar-refractivity contribution is 7.92. The standard InChI is InChI=1S/C21H20ClN3O4S/c1-15-5-6-16(12-20(15)22)25-30(27,28)19-9-7-18(8-10-19)29-14-21(26)24-13-17-4-2-3-11-23-17/h2-12,25H,13-14H2,1H3,(H,24,26). The number of aromatic nitrogens is 1. The van der Waals surface area contributed by atoms with Crippen LogP contribution in [0.3, 0.4) is 0 Å². The van der Waals surface area contributed by atoms with Crippen LogP contribution in [0.4, 0.5) is 5.69 Å². The van der Waals surface area contributed by atoms with E-state index >= 15 is 0 Å². The van der Waals surface area contributed by atoms with Crippen molar-refractivity contribution in [3.8, 4) is 5.75 Å². The van der Waals surface area contributed by atoms with Crippen molar-refractivity contribution < 1.29 is 17.9 Å². The second-order valence-corrected chi connectivity index (χ2v) is 8.52. The molecule has 1 aromatic heterocycles. The summed E-state index contributed by atoms with van der Waals surface area (Å²) in [6.45, 7) is 1.94. The third-order valence-corrected chi connectivity index (χ3v) is 5.93. The van der Waals surface area contributed by atoms with Crippen molar-refractivity contribution >= 4 is 33.2 Å². The van der Waals surface area contributed by atoms with Gasteiger partial charge in [0.15, 0.2) is 6.61 Å². The number of carbonyl (C=O) groups excluding carboxylic acids is 1. The number of hydrogen-bond donors (Lipinski definition) is 2. The number of amides is 1. The summed E-state index contributed by atoms with van der Waals surface area (Å²) in [5.74, 6) is 0.0654. The first-order valence-corrected chi connectivity index (χ1v) is 10.9. The van der Waals surface area contributed by atoms with Crippen molar-refractivity contribution in [1.82, 2.24) is 10.3 Å². The van der Waals surface area contributed by atoms with E-state index in [-0.39, 0.29) is 17.4 Å². The molecule has 0 aliphatic heterocycles. The minimum Gasteiger partial charge on any atom is -0.484 e. The molecule has 0 atom stereocenters. The van der Waals surface area contributed by atoms with E-state index in [2.05, 4.69) is 15.0 Å². The monoisotopic (exact) mass is 445 g/mol. The Hall–Kier alpha value is -3.10. The van der Waals surface area contributed by atoms with Crippen molar-refractivity contribution in [2.45, 2.75) is 18.4 Å². The first-order valence-electron chi connectivity index (χ1n) is 9.02. The van der Waals surface area contributed by atoms with Crippen LogP contribution < -0.4 is 14.8 Å². The molecule has 0 aliphatic rings. The Kier molecular flexibility index (Phi) is 6.91. The van der Waals surface area contributed by atoms with Gasteiger partial charge in [0.1, 0.15) is 5.75 Å². The number of pyridine rings is 1. The molecule has 3 rings (SSSR count). The highest BCUT2D eigenvalue weighted by atomic mass is 35.5. The normalized spacial score (nSPS) is 11.0. The van der Waals surface area contributed by atoms with Crippen molar-refractivity contribution in [1.29, 1.82) is 0 Å². The second kappa shape index (κ2) is 9.60. The highest BCUT2D eigenvalue weighted by Gasteiger charge is 2.15. The van der Waals surface area contributed by atoms with Gasteiger partial charge in [-0.25, -0.2) is 8.42 Å². The van der Waals surface area contributed by atoms with Gasteiger partial charge in [-0.15, -0.1) is 0 Å². The van der Waals surface area contributed by atoms with Gasteiger partial charge in [-0.05, 0) is 61.0 Å². The molecule has 30 heavy (non-hydrogen) atoms. The molecule has 1 heterocycles. The summed E-state index contributed by atoms with van der Waals surface area (Å²) in [6, 6.07) is 16.1. The molecule has 0 radical (unpaired) electrons. The van der Waals surface area contributed by atoms with Gasteiger partial charge in [0.05, 0.1) is 22.8 Å². The van der Waals surface area contributed by atoms with E-state index in [9.17, 15) is 13.2 Å². The minimum atomic E-state index is -3.78. The quantitative estimate of drug-likeness (QED) is 0.552. The Morgan fingerprint density at radius 2 is 1.87 bits per heavy atom. The van der Waals surface area contributed by atoms with Gasteiger partial charge >= 0.3 is 0 Å². The number of nitrogens with zero attached hydrogens (tertiary/aromatic N) is 1. The largest absolute Gasteiger partial charge is 0.484 e. The summed E-state index contributed by atoms with van der Waals surface area (Å²) in [7, 11) is -3.78. The zero-order valence-corrected chi connectivity index (χ0v) is 17.7. The summed E-state index contributed by atoms with van der Waals surface area (Å²) in [5.41, 5.74) is 1.96. The van der Waals surface area contributed by atoms with E-state index < -0.39 is 10.0 Å². The lowest BCUT2D eigenvalue weighted by Crippen LogP contribution is -2.28. The van der Waals surface area contributed by atoms with Crippen LogP contribution in [0.2, 0.25) is 5.02 Å². The van der Waals surface area contributed by atoms with Crippen molar-refractivity contribution in [3.63, 3.8) is 0 Å². The molecule has 0 unspecified atom stereocenters. The lowest BCUT2D eigenvalue weighted by atomic mass is 10.2. The minimum absolute atomic E-state index is 0.0613. The van der Waals surface area contributed by atoms with Gasteiger partial charge in [0.2, 0.25) is 0 Å². The average molecular weight is 446 g/mol. The second-order valence-electron chi connectivity index (χ2n) is 6.43. The van der Waals surface area contributed by atoms with E-state index in [1.54, 1.807) is 36.5 Å². The van der Waals surface area contributed by atoms with Crippen LogP contribution in [0.25, 0.3) is 0 Å². The van der Waals surface area contributed by atoms with E-state index in [0.717, 1.165) is 11.3 Å². The van der Waals surface area contributed by atoms with E-state index in [1.807, 2.05) is 13.0 Å². The molecule has 3 aromatic rings. The number of anilines is 1. The Labute approximate surface area is 180 Å². The predicted molar refractivity (Wildman–Crippen MR) is 115 cm³/mol. The molecule has 7 nitrogen and oxygen atoms in total. The summed E-state index contributed by atoms with van der Waals surface area (Å²) >= 11 is 6.04. The summed E-state index contributed by atoms with van der Waals surface area (Å²) in [5, 5.41) is 3.17. The van der Waals surface area contributed by atoms with Crippen molar-refractivity contribution in [2.24, 2.45) is 0 Å². The fraction of sp³-hybridized carbons (Fsp3) is 0.143. The molecule has 0 fully saturated rings. The van der Waals surface area contributed by atoms with E-state index in [0.29, 0.717) is 23.0 Å². The van der Waals surface area contributed by atoms with Crippen LogP contribution in [0.5, 0.6) is 5.75 Å². The molecule has 0 saturated carbocycles. The number of rotatable bonds is 8. The maximum Gasteiger partial charge on any atom is 0.261 e. The third kappa shape index (κ3) is 5.95. The predicted octanol–water partition coefficient (Wildman–Crippen LogP) is 3.54. The van der Waals surface area contributed by atoms with Crippen LogP contribution in [0.1, 0.15) is 11.3 Å². The first-order chi connectivity index (χ1) is 14.3. The molecule has 1 amide bonds. The molecule has 0 bridgehead atoms. The summed E-state index contributed by atoms with van der Waals surface area (Å²) in [4.78, 5) is 16.1. The van der Waals surface area contributed by atoms with Gasteiger partial charge in [-0.2, -0.15) is 0 Å². The average Bonchev–Trinajstić information content (AvgIpc) is 2.74. The number of nitrogens with one attached hydrogen (secondary N) is 2. The van der Waals surface area contributed by atoms with Gasteiger partial charge < -0.3 is 10.1 Å². The zero-order chi connectivity index (χ0) is 21.6. The fourth-order valence-electron chi connectivity index (χ4n) is 2.48. The maximum atomic E-state index is 12.5. The molecule has 0 saturated heterocycles. The first kappa shape index (κ1) is 21.6. The number of aryl methyl sites for hydroxylation is 1. The molecule has 156 valence electrons. The molecular formula is C21H20ClN3O4S. The molecular weight excluding hydrogens is 426 g/mol. The van der Waals surface area contributed by atoms with Gasteiger partial charge in [0.25, 0.3) is 15.9 Å². The number of sulfonamides is 1.